The number of nitrogens with zero attached hydrogens (tertiary/aromatic N) is 1. The van der Waals surface area contributed by atoms with Gasteiger partial charge in [-0.25, -0.2) is 4.98 Å². The molecule has 14 heteroatoms. The molecule has 0 amide bonds. The van der Waals surface area contributed by atoms with Crippen LogP contribution in [0.3, 0.4) is 0 Å². The summed E-state index contributed by atoms with van der Waals surface area (Å²) in [7, 11) is -3.37. The van der Waals surface area contributed by atoms with Gasteiger partial charge in [-0.1, -0.05) is 24.3 Å². The quantitative estimate of drug-likeness (QED) is 0.175. The highest BCUT2D eigenvalue weighted by Crippen LogP contribution is 2.45. The number of alkyl halides is 12. The lowest BCUT2D eigenvalue weighted by Crippen LogP contribution is -2.33. The Hall–Kier alpha value is -3.34. The van der Waals surface area contributed by atoms with Crippen LogP contribution in [-0.4, -0.2) is 4.98 Å². The molecule has 4 rings (SSSR count). The molecule has 0 bridgehead atoms. The second-order valence-corrected chi connectivity index (χ2v) is 10.2. The molecule has 0 aliphatic rings. The summed E-state index contributed by atoms with van der Waals surface area (Å²) in [6.45, 7) is 0. The van der Waals surface area contributed by atoms with Crippen molar-refractivity contribution in [1.82, 2.24) is 4.98 Å². The van der Waals surface area contributed by atoms with E-state index in [4.69, 9.17) is 0 Å². The van der Waals surface area contributed by atoms with E-state index in [9.17, 15) is 52.7 Å². The molecule has 0 radical (unpaired) electrons. The van der Waals surface area contributed by atoms with Gasteiger partial charge < -0.3 is 0 Å². The van der Waals surface area contributed by atoms with Crippen LogP contribution in [0.1, 0.15) is 22.3 Å². The van der Waals surface area contributed by atoms with Crippen LogP contribution < -0.4 is 16.0 Å². The third-order valence-corrected chi connectivity index (χ3v) is 7.97. The Kier molecular flexibility index (Phi) is 7.12. The number of rotatable bonds is 3. The van der Waals surface area contributed by atoms with Crippen LogP contribution in [0.2, 0.25) is 0 Å². The highest BCUT2D eigenvalue weighted by atomic mass is 31.1. The third-order valence-electron chi connectivity index (χ3n) is 5.56. The van der Waals surface area contributed by atoms with E-state index in [0.29, 0.717) is 5.39 Å². The standard InChI is InChI=1S/C25H12F12NP/c26-22(27,28)14-6-8-16(24(32,33)34)19(11-14)39(21-10-5-13-3-1-2-4-18(13)38-21)20-12-15(23(29,30)31)7-9-17(20)25(35,36)37/h1-12H. The van der Waals surface area contributed by atoms with E-state index < -0.39 is 70.9 Å². The maximum Gasteiger partial charge on any atom is 0.417 e. The zero-order valence-corrected chi connectivity index (χ0v) is 19.8. The maximum atomic E-state index is 14.0. The summed E-state index contributed by atoms with van der Waals surface area (Å²) in [6, 6.07) is 8.44. The molecule has 39 heavy (non-hydrogen) atoms. The number of fused-ring (bicyclic) bond motifs is 1. The van der Waals surface area contributed by atoms with E-state index in [1.54, 1.807) is 6.07 Å². The minimum absolute atomic E-state index is 0.0197. The van der Waals surface area contributed by atoms with E-state index in [2.05, 4.69) is 4.98 Å². The molecule has 0 aliphatic heterocycles. The van der Waals surface area contributed by atoms with Gasteiger partial charge in [-0.2, -0.15) is 52.7 Å². The van der Waals surface area contributed by atoms with Gasteiger partial charge in [0.25, 0.3) is 0 Å². The largest absolute Gasteiger partial charge is 0.417 e. The zero-order valence-electron chi connectivity index (χ0n) is 18.9. The molecule has 0 atom stereocenters. The SMILES string of the molecule is FC(F)(F)c1ccc(C(F)(F)F)c(P(c2ccc3ccccc3n2)c2cc(C(F)(F)F)ccc2C(F)(F)F)c1. The lowest BCUT2D eigenvalue weighted by atomic mass is 10.1. The van der Waals surface area contributed by atoms with Gasteiger partial charge in [0, 0.05) is 13.3 Å². The van der Waals surface area contributed by atoms with Gasteiger partial charge in [0.1, 0.15) is 0 Å². The molecule has 0 fully saturated rings. The molecule has 0 unspecified atom stereocenters. The van der Waals surface area contributed by atoms with Gasteiger partial charge in [0.15, 0.2) is 0 Å². The van der Waals surface area contributed by atoms with Crippen molar-refractivity contribution in [2.45, 2.75) is 24.7 Å². The number of para-hydroxylation sites is 1. The minimum atomic E-state index is -5.36. The second-order valence-electron chi connectivity index (χ2n) is 8.15. The Labute approximate surface area is 212 Å². The normalized spacial score (nSPS) is 13.4. The van der Waals surface area contributed by atoms with Crippen molar-refractivity contribution in [3.05, 3.63) is 95.1 Å². The first-order valence-corrected chi connectivity index (χ1v) is 11.9. The van der Waals surface area contributed by atoms with Crippen LogP contribution in [0, 0.1) is 0 Å². The molecule has 1 nitrogen and oxygen atoms in total. The number of aromatic nitrogens is 1. The molecule has 4 aromatic rings. The monoisotopic (exact) mass is 585 g/mol. The molecule has 0 saturated carbocycles. The molecule has 0 aliphatic carbocycles. The minimum Gasteiger partial charge on any atom is -0.247 e. The fraction of sp³-hybridized carbons (Fsp3) is 0.160. The predicted octanol–water partition coefficient (Wildman–Crippen LogP) is 8.07. The van der Waals surface area contributed by atoms with Crippen LogP contribution in [-0.2, 0) is 24.7 Å². The van der Waals surface area contributed by atoms with Gasteiger partial charge in [0.2, 0.25) is 0 Å². The van der Waals surface area contributed by atoms with Gasteiger partial charge in [0.05, 0.1) is 33.2 Å². The van der Waals surface area contributed by atoms with Gasteiger partial charge in [-0.3, -0.25) is 0 Å². The number of pyridine rings is 1. The summed E-state index contributed by atoms with van der Waals surface area (Å²) in [5.74, 6) is 0. The highest BCUT2D eigenvalue weighted by Gasteiger charge is 2.43. The van der Waals surface area contributed by atoms with Crippen molar-refractivity contribution in [2.24, 2.45) is 0 Å². The lowest BCUT2D eigenvalue weighted by molar-refractivity contribution is -0.140. The fourth-order valence-electron chi connectivity index (χ4n) is 3.82. The van der Waals surface area contributed by atoms with Crippen molar-refractivity contribution < 1.29 is 52.7 Å². The molecule has 0 N–H and O–H groups in total. The maximum absolute atomic E-state index is 14.0. The number of benzene rings is 3. The molecule has 1 aromatic heterocycles. The van der Waals surface area contributed by atoms with Crippen LogP contribution in [0.15, 0.2) is 72.8 Å². The summed E-state index contributed by atoms with van der Waals surface area (Å²) >= 11 is 0. The predicted molar refractivity (Wildman–Crippen MR) is 120 cm³/mol. The number of hydrogen-bond donors (Lipinski definition) is 0. The summed E-state index contributed by atoms with van der Waals surface area (Å²) < 4.78 is 165. The van der Waals surface area contributed by atoms with E-state index in [-0.39, 0.29) is 41.9 Å². The average molecular weight is 585 g/mol. The van der Waals surface area contributed by atoms with Crippen molar-refractivity contribution in [3.8, 4) is 0 Å². The number of hydrogen-bond acceptors (Lipinski definition) is 1. The van der Waals surface area contributed by atoms with Gasteiger partial charge >= 0.3 is 24.7 Å². The van der Waals surface area contributed by atoms with Crippen LogP contribution in [0.25, 0.3) is 10.9 Å². The Morgan fingerprint density at radius 1 is 0.487 bits per heavy atom. The van der Waals surface area contributed by atoms with Crippen LogP contribution >= 0.6 is 7.92 Å². The van der Waals surface area contributed by atoms with E-state index in [1.165, 1.54) is 24.3 Å². The van der Waals surface area contributed by atoms with E-state index >= 15 is 0 Å². The summed E-state index contributed by atoms with van der Waals surface area (Å²) in [5, 5.41) is -2.17. The molecular weight excluding hydrogens is 573 g/mol. The molecule has 3 aromatic carbocycles. The smallest absolute Gasteiger partial charge is 0.247 e. The summed E-state index contributed by atoms with van der Waals surface area (Å²) in [5.41, 5.74) is -7.22. The topological polar surface area (TPSA) is 12.9 Å². The zero-order chi connectivity index (χ0) is 29.0. The van der Waals surface area contributed by atoms with Crippen LogP contribution in [0.4, 0.5) is 52.7 Å². The first kappa shape index (κ1) is 28.7. The van der Waals surface area contributed by atoms with Gasteiger partial charge in [-0.15, -0.1) is 0 Å². The molecule has 1 heterocycles. The van der Waals surface area contributed by atoms with Crippen molar-refractivity contribution >= 4 is 34.9 Å². The second kappa shape index (κ2) is 9.69. The lowest BCUT2D eigenvalue weighted by Gasteiger charge is -2.27. The Morgan fingerprint density at radius 3 is 1.38 bits per heavy atom. The van der Waals surface area contributed by atoms with E-state index in [0.717, 1.165) is 6.07 Å². The molecule has 0 saturated heterocycles. The van der Waals surface area contributed by atoms with Crippen molar-refractivity contribution in [2.75, 3.05) is 0 Å². The summed E-state index contributed by atoms with van der Waals surface area (Å²) in [6.07, 6.45) is -21.2. The molecular formula is C25H12F12NP. The first-order valence-electron chi connectivity index (χ1n) is 10.6. The highest BCUT2D eigenvalue weighted by molar-refractivity contribution is 7.79. The molecule has 0 spiro atoms. The van der Waals surface area contributed by atoms with Crippen molar-refractivity contribution in [3.63, 3.8) is 0 Å². The van der Waals surface area contributed by atoms with E-state index in [1.807, 2.05) is 0 Å². The summed E-state index contributed by atoms with van der Waals surface area (Å²) in [4.78, 5) is 4.09. The number of halogens is 12. The fourth-order valence-corrected chi connectivity index (χ4v) is 6.43. The van der Waals surface area contributed by atoms with Gasteiger partial charge in [-0.05, 0) is 59.1 Å². The Balaban J connectivity index is 2.17. The van der Waals surface area contributed by atoms with Crippen molar-refractivity contribution in [1.29, 1.82) is 0 Å². The molecule has 206 valence electrons. The Morgan fingerprint density at radius 2 is 0.949 bits per heavy atom. The average Bonchev–Trinajstić information content (AvgIpc) is 2.81. The Bertz CT molecular complexity index is 1440. The first-order chi connectivity index (χ1) is 17.9. The third kappa shape index (κ3) is 5.98. The van der Waals surface area contributed by atoms with Crippen LogP contribution in [0.5, 0.6) is 0 Å².